The normalized spacial score (nSPS) is 10.1. The summed E-state index contributed by atoms with van der Waals surface area (Å²) in [6.45, 7) is 1.20. The van der Waals surface area contributed by atoms with Gasteiger partial charge in [-0.15, -0.1) is 0 Å². The minimum atomic E-state index is 0.427. The van der Waals surface area contributed by atoms with Crippen molar-refractivity contribution in [1.29, 1.82) is 5.26 Å². The molecule has 3 nitrogen and oxygen atoms in total. The predicted molar refractivity (Wildman–Crippen MR) is 79.7 cm³/mol. The molecule has 0 heterocycles. The van der Waals surface area contributed by atoms with Gasteiger partial charge >= 0.3 is 0 Å². The third-order valence-corrected chi connectivity index (χ3v) is 3.15. The molecule has 2 rings (SSSR count). The van der Waals surface area contributed by atoms with E-state index in [1.165, 1.54) is 0 Å². The van der Waals surface area contributed by atoms with Crippen LogP contribution in [0.3, 0.4) is 0 Å². The molecule has 0 radical (unpaired) electrons. The predicted octanol–water partition coefficient (Wildman–Crippen LogP) is 3.51. The van der Waals surface area contributed by atoms with Gasteiger partial charge in [-0.3, -0.25) is 0 Å². The number of nitrogens with zero attached hydrogens (tertiary/aromatic N) is 1. The Bertz CT molecular complexity index is 617. The molecule has 0 amide bonds. The van der Waals surface area contributed by atoms with E-state index in [4.69, 9.17) is 21.6 Å². The maximum atomic E-state index is 8.74. The highest BCUT2D eigenvalue weighted by atomic mass is 35.5. The third-order valence-electron chi connectivity index (χ3n) is 2.85. The van der Waals surface area contributed by atoms with E-state index in [1.807, 2.05) is 37.4 Å². The second kappa shape index (κ2) is 6.95. The molecule has 0 aliphatic heterocycles. The Balaban J connectivity index is 2.01. The SMILES string of the molecule is CNCc1ccc(OCc2ccc(C#N)cc2)c(Cl)c1. The van der Waals surface area contributed by atoms with Gasteiger partial charge in [-0.2, -0.15) is 5.26 Å². The first-order valence-electron chi connectivity index (χ1n) is 6.28. The average molecular weight is 287 g/mol. The molecular weight excluding hydrogens is 272 g/mol. The summed E-state index contributed by atoms with van der Waals surface area (Å²) in [5.74, 6) is 0.663. The van der Waals surface area contributed by atoms with Gasteiger partial charge in [0.05, 0.1) is 16.7 Å². The Kier molecular flexibility index (Phi) is 5.00. The van der Waals surface area contributed by atoms with Crippen LogP contribution in [0, 0.1) is 11.3 Å². The lowest BCUT2D eigenvalue weighted by molar-refractivity contribution is 0.306. The van der Waals surface area contributed by atoms with Crippen LogP contribution >= 0.6 is 11.6 Å². The van der Waals surface area contributed by atoms with E-state index in [2.05, 4.69) is 11.4 Å². The van der Waals surface area contributed by atoms with Gasteiger partial charge in [0.25, 0.3) is 0 Å². The summed E-state index contributed by atoms with van der Waals surface area (Å²) in [6.07, 6.45) is 0. The molecule has 102 valence electrons. The molecule has 0 saturated heterocycles. The summed E-state index contributed by atoms with van der Waals surface area (Å²) in [5.41, 5.74) is 2.76. The minimum absolute atomic E-state index is 0.427. The topological polar surface area (TPSA) is 45.0 Å². The van der Waals surface area contributed by atoms with E-state index in [1.54, 1.807) is 12.1 Å². The largest absolute Gasteiger partial charge is 0.487 e. The lowest BCUT2D eigenvalue weighted by Crippen LogP contribution is -2.05. The third kappa shape index (κ3) is 3.74. The van der Waals surface area contributed by atoms with E-state index in [0.29, 0.717) is 22.9 Å². The molecule has 2 aromatic carbocycles. The zero-order valence-electron chi connectivity index (χ0n) is 11.2. The Morgan fingerprint density at radius 1 is 1.15 bits per heavy atom. The number of benzene rings is 2. The van der Waals surface area contributed by atoms with Crippen molar-refractivity contribution in [3.8, 4) is 11.8 Å². The van der Waals surface area contributed by atoms with Crippen molar-refractivity contribution in [2.45, 2.75) is 13.2 Å². The van der Waals surface area contributed by atoms with Crippen molar-refractivity contribution < 1.29 is 4.74 Å². The quantitative estimate of drug-likeness (QED) is 0.915. The van der Waals surface area contributed by atoms with Gasteiger partial charge < -0.3 is 10.1 Å². The number of halogens is 1. The summed E-state index contributed by atoms with van der Waals surface area (Å²) in [5, 5.41) is 12.4. The van der Waals surface area contributed by atoms with Crippen LogP contribution < -0.4 is 10.1 Å². The van der Waals surface area contributed by atoms with Gasteiger partial charge in [-0.05, 0) is 42.4 Å². The molecule has 0 atom stereocenters. The highest BCUT2D eigenvalue weighted by Crippen LogP contribution is 2.26. The molecule has 0 saturated carbocycles. The van der Waals surface area contributed by atoms with Gasteiger partial charge in [-0.25, -0.2) is 0 Å². The summed E-state index contributed by atoms with van der Waals surface area (Å²) >= 11 is 6.18. The highest BCUT2D eigenvalue weighted by molar-refractivity contribution is 6.32. The lowest BCUT2D eigenvalue weighted by atomic mass is 10.1. The van der Waals surface area contributed by atoms with E-state index in [9.17, 15) is 0 Å². The monoisotopic (exact) mass is 286 g/mol. The van der Waals surface area contributed by atoms with Crippen molar-refractivity contribution >= 4 is 11.6 Å². The van der Waals surface area contributed by atoms with Crippen LogP contribution in [0.4, 0.5) is 0 Å². The van der Waals surface area contributed by atoms with Crippen molar-refractivity contribution in [3.05, 3.63) is 64.2 Å². The molecular formula is C16H15ClN2O. The van der Waals surface area contributed by atoms with Crippen LogP contribution in [0.1, 0.15) is 16.7 Å². The molecule has 1 N–H and O–H groups in total. The Morgan fingerprint density at radius 2 is 1.85 bits per heavy atom. The van der Waals surface area contributed by atoms with Crippen LogP contribution in [-0.4, -0.2) is 7.05 Å². The lowest BCUT2D eigenvalue weighted by Gasteiger charge is -2.09. The van der Waals surface area contributed by atoms with Crippen molar-refractivity contribution in [3.63, 3.8) is 0 Å². The number of nitriles is 1. The first-order valence-corrected chi connectivity index (χ1v) is 6.65. The summed E-state index contributed by atoms with van der Waals surface area (Å²) in [6, 6.07) is 15.1. The van der Waals surface area contributed by atoms with E-state index in [0.717, 1.165) is 17.7 Å². The van der Waals surface area contributed by atoms with E-state index in [-0.39, 0.29) is 0 Å². The van der Waals surface area contributed by atoms with Gasteiger partial charge in [0, 0.05) is 6.54 Å². The fraction of sp³-hybridized carbons (Fsp3) is 0.188. The smallest absolute Gasteiger partial charge is 0.138 e. The van der Waals surface area contributed by atoms with Crippen LogP contribution in [0.25, 0.3) is 0 Å². The molecule has 0 aliphatic carbocycles. The summed E-state index contributed by atoms with van der Waals surface area (Å²) in [7, 11) is 1.89. The average Bonchev–Trinajstić information content (AvgIpc) is 2.47. The molecule has 0 unspecified atom stereocenters. The van der Waals surface area contributed by atoms with Crippen LogP contribution in [0.2, 0.25) is 5.02 Å². The molecule has 0 aliphatic rings. The van der Waals surface area contributed by atoms with Crippen molar-refractivity contribution in [1.82, 2.24) is 5.32 Å². The summed E-state index contributed by atoms with van der Waals surface area (Å²) in [4.78, 5) is 0. The number of hydrogen-bond donors (Lipinski definition) is 1. The second-order valence-corrected chi connectivity index (χ2v) is 4.80. The van der Waals surface area contributed by atoms with Crippen LogP contribution in [0.5, 0.6) is 5.75 Å². The second-order valence-electron chi connectivity index (χ2n) is 4.39. The number of rotatable bonds is 5. The molecule has 20 heavy (non-hydrogen) atoms. The van der Waals surface area contributed by atoms with Gasteiger partial charge in [-0.1, -0.05) is 29.8 Å². The van der Waals surface area contributed by atoms with E-state index >= 15 is 0 Å². The standard InChI is InChI=1S/C16H15ClN2O/c1-19-10-14-6-7-16(15(17)8-14)20-11-13-4-2-12(9-18)3-5-13/h2-8,19H,10-11H2,1H3. The van der Waals surface area contributed by atoms with Crippen molar-refractivity contribution in [2.24, 2.45) is 0 Å². The van der Waals surface area contributed by atoms with Crippen molar-refractivity contribution in [2.75, 3.05) is 7.05 Å². The van der Waals surface area contributed by atoms with Gasteiger partial charge in [0.1, 0.15) is 12.4 Å². The maximum absolute atomic E-state index is 8.74. The molecule has 0 fully saturated rings. The minimum Gasteiger partial charge on any atom is -0.487 e. The molecule has 4 heteroatoms. The number of ether oxygens (including phenoxy) is 1. The fourth-order valence-corrected chi connectivity index (χ4v) is 2.07. The Hall–Kier alpha value is -2.02. The Labute approximate surface area is 123 Å². The fourth-order valence-electron chi connectivity index (χ4n) is 1.81. The zero-order chi connectivity index (χ0) is 14.4. The first kappa shape index (κ1) is 14.4. The molecule has 0 bridgehead atoms. The molecule has 2 aromatic rings. The van der Waals surface area contributed by atoms with Crippen LogP contribution in [-0.2, 0) is 13.2 Å². The molecule has 0 aromatic heterocycles. The van der Waals surface area contributed by atoms with Gasteiger partial charge in [0.2, 0.25) is 0 Å². The highest BCUT2D eigenvalue weighted by Gasteiger charge is 2.03. The first-order chi connectivity index (χ1) is 9.72. The maximum Gasteiger partial charge on any atom is 0.138 e. The number of hydrogen-bond acceptors (Lipinski definition) is 3. The summed E-state index contributed by atoms with van der Waals surface area (Å²) < 4.78 is 5.69. The molecule has 0 spiro atoms. The van der Waals surface area contributed by atoms with Gasteiger partial charge in [0.15, 0.2) is 0 Å². The zero-order valence-corrected chi connectivity index (χ0v) is 11.9. The van der Waals surface area contributed by atoms with Crippen LogP contribution in [0.15, 0.2) is 42.5 Å². The number of nitrogens with one attached hydrogen (secondary N) is 1. The Morgan fingerprint density at radius 3 is 2.45 bits per heavy atom. The van der Waals surface area contributed by atoms with E-state index < -0.39 is 0 Å².